The highest BCUT2D eigenvalue weighted by Gasteiger charge is 2.12. The predicted molar refractivity (Wildman–Crippen MR) is 94.4 cm³/mol. The SMILES string of the molecule is COC(=O)c1ccc(COc2ccc3c(c2)oc(=O)c2ccccc23)o1. The third-order valence-corrected chi connectivity index (χ3v) is 4.02. The smallest absolute Gasteiger partial charge is 0.373 e. The first-order valence-electron chi connectivity index (χ1n) is 7.91. The number of ether oxygens (including phenoxy) is 2. The summed E-state index contributed by atoms with van der Waals surface area (Å²) >= 11 is 0. The van der Waals surface area contributed by atoms with Crippen molar-refractivity contribution in [3.8, 4) is 5.75 Å². The van der Waals surface area contributed by atoms with E-state index in [1.54, 1.807) is 30.3 Å². The third-order valence-electron chi connectivity index (χ3n) is 4.02. The van der Waals surface area contributed by atoms with E-state index in [-0.39, 0.29) is 18.0 Å². The van der Waals surface area contributed by atoms with Gasteiger partial charge < -0.3 is 18.3 Å². The van der Waals surface area contributed by atoms with Crippen LogP contribution in [-0.4, -0.2) is 13.1 Å². The van der Waals surface area contributed by atoms with Crippen LogP contribution >= 0.6 is 0 Å². The molecule has 0 saturated carbocycles. The zero-order valence-corrected chi connectivity index (χ0v) is 13.9. The second-order valence-corrected chi connectivity index (χ2v) is 5.64. The van der Waals surface area contributed by atoms with Crippen LogP contribution in [0.3, 0.4) is 0 Å². The number of methoxy groups -OCH3 is 1. The van der Waals surface area contributed by atoms with Gasteiger partial charge in [-0.25, -0.2) is 9.59 Å². The summed E-state index contributed by atoms with van der Waals surface area (Å²) in [6.45, 7) is 0.125. The number of esters is 1. The number of rotatable bonds is 4. The Labute approximate surface area is 147 Å². The van der Waals surface area contributed by atoms with Gasteiger partial charge in [0.05, 0.1) is 12.5 Å². The molecule has 2 aromatic carbocycles. The molecule has 0 radical (unpaired) electrons. The Hall–Kier alpha value is -3.54. The van der Waals surface area contributed by atoms with Crippen LogP contribution in [0, 0.1) is 0 Å². The Balaban J connectivity index is 1.62. The van der Waals surface area contributed by atoms with Crippen molar-refractivity contribution in [3.63, 3.8) is 0 Å². The maximum atomic E-state index is 12.1. The quantitative estimate of drug-likeness (QED) is 0.315. The fourth-order valence-corrected chi connectivity index (χ4v) is 2.77. The fourth-order valence-electron chi connectivity index (χ4n) is 2.77. The van der Waals surface area contributed by atoms with Gasteiger partial charge in [0.1, 0.15) is 23.7 Å². The average Bonchev–Trinajstić information content (AvgIpc) is 3.15. The van der Waals surface area contributed by atoms with Gasteiger partial charge in [-0.3, -0.25) is 0 Å². The van der Waals surface area contributed by atoms with Crippen molar-refractivity contribution in [1.82, 2.24) is 0 Å². The summed E-state index contributed by atoms with van der Waals surface area (Å²) in [6, 6.07) is 15.8. The third kappa shape index (κ3) is 2.82. The number of hydrogen-bond acceptors (Lipinski definition) is 6. The molecule has 26 heavy (non-hydrogen) atoms. The molecule has 0 N–H and O–H groups in total. The monoisotopic (exact) mass is 350 g/mol. The van der Waals surface area contributed by atoms with Gasteiger partial charge in [-0.1, -0.05) is 18.2 Å². The lowest BCUT2D eigenvalue weighted by Gasteiger charge is -2.07. The molecule has 2 heterocycles. The van der Waals surface area contributed by atoms with Crippen LogP contribution in [0.4, 0.5) is 0 Å². The first-order valence-corrected chi connectivity index (χ1v) is 7.91. The summed E-state index contributed by atoms with van der Waals surface area (Å²) in [5.74, 6) is 0.565. The Morgan fingerprint density at radius 3 is 2.58 bits per heavy atom. The maximum Gasteiger partial charge on any atom is 0.373 e. The molecule has 0 aliphatic carbocycles. The lowest BCUT2D eigenvalue weighted by atomic mass is 10.1. The molecule has 0 spiro atoms. The molecule has 0 aliphatic heterocycles. The molecule has 4 rings (SSSR count). The number of fused-ring (bicyclic) bond motifs is 3. The summed E-state index contributed by atoms with van der Waals surface area (Å²) in [5, 5.41) is 2.21. The second kappa shape index (κ2) is 6.40. The van der Waals surface area contributed by atoms with Crippen molar-refractivity contribution < 1.29 is 23.1 Å². The van der Waals surface area contributed by atoms with Crippen molar-refractivity contribution in [1.29, 1.82) is 0 Å². The molecular formula is C20H14O6. The first-order chi connectivity index (χ1) is 12.7. The molecule has 0 atom stereocenters. The molecule has 0 amide bonds. The highest BCUT2D eigenvalue weighted by molar-refractivity contribution is 6.04. The largest absolute Gasteiger partial charge is 0.486 e. The van der Waals surface area contributed by atoms with Crippen LogP contribution in [0.5, 0.6) is 5.75 Å². The van der Waals surface area contributed by atoms with E-state index in [0.717, 1.165) is 10.8 Å². The van der Waals surface area contributed by atoms with Gasteiger partial charge >= 0.3 is 11.6 Å². The summed E-state index contributed by atoms with van der Waals surface area (Å²) in [4.78, 5) is 23.5. The minimum atomic E-state index is -0.546. The zero-order chi connectivity index (χ0) is 18.1. The normalized spacial score (nSPS) is 11.0. The Bertz CT molecular complexity index is 1170. The van der Waals surface area contributed by atoms with Gasteiger partial charge in [0, 0.05) is 11.5 Å². The highest BCUT2D eigenvalue weighted by atomic mass is 16.5. The van der Waals surface area contributed by atoms with Gasteiger partial charge in [0.15, 0.2) is 0 Å². The van der Waals surface area contributed by atoms with Crippen molar-refractivity contribution in [3.05, 3.63) is 76.5 Å². The van der Waals surface area contributed by atoms with Gasteiger partial charge in [-0.2, -0.15) is 0 Å². The molecular weight excluding hydrogens is 336 g/mol. The van der Waals surface area contributed by atoms with Crippen molar-refractivity contribution in [2.24, 2.45) is 0 Å². The van der Waals surface area contributed by atoms with E-state index in [0.29, 0.717) is 22.5 Å². The average molecular weight is 350 g/mol. The lowest BCUT2D eigenvalue weighted by Crippen LogP contribution is -2.00. The van der Waals surface area contributed by atoms with Crippen LogP contribution in [0.1, 0.15) is 16.3 Å². The minimum absolute atomic E-state index is 0.113. The molecule has 6 nitrogen and oxygen atoms in total. The molecule has 130 valence electrons. The Morgan fingerprint density at radius 1 is 0.962 bits per heavy atom. The van der Waals surface area contributed by atoms with E-state index in [1.807, 2.05) is 18.2 Å². The molecule has 0 fully saturated rings. The molecule has 0 bridgehead atoms. The van der Waals surface area contributed by atoms with Crippen LogP contribution in [0.2, 0.25) is 0 Å². The van der Waals surface area contributed by atoms with Crippen molar-refractivity contribution in [2.75, 3.05) is 7.11 Å². The summed E-state index contributed by atoms with van der Waals surface area (Å²) in [6.07, 6.45) is 0. The molecule has 0 unspecified atom stereocenters. The van der Waals surface area contributed by atoms with Gasteiger partial charge in [-0.15, -0.1) is 0 Å². The van der Waals surface area contributed by atoms with Gasteiger partial charge in [0.2, 0.25) is 5.76 Å². The Morgan fingerprint density at radius 2 is 1.77 bits per heavy atom. The molecule has 4 aromatic rings. The lowest BCUT2D eigenvalue weighted by molar-refractivity contribution is 0.0561. The molecule has 0 saturated heterocycles. The number of hydrogen-bond donors (Lipinski definition) is 0. The van der Waals surface area contributed by atoms with E-state index in [9.17, 15) is 9.59 Å². The highest BCUT2D eigenvalue weighted by Crippen LogP contribution is 2.26. The number of carbonyl (C=O) groups is 1. The predicted octanol–water partition coefficient (Wildman–Crippen LogP) is 3.90. The van der Waals surface area contributed by atoms with Gasteiger partial charge in [-0.05, 0) is 35.7 Å². The second-order valence-electron chi connectivity index (χ2n) is 5.64. The summed E-state index contributed by atoms with van der Waals surface area (Å²) in [7, 11) is 1.29. The van der Waals surface area contributed by atoms with Gasteiger partial charge in [0.25, 0.3) is 0 Å². The number of carbonyl (C=O) groups excluding carboxylic acids is 1. The summed E-state index contributed by atoms with van der Waals surface area (Å²) in [5.41, 5.74) is 0.0555. The number of furan rings is 1. The van der Waals surface area contributed by atoms with E-state index >= 15 is 0 Å². The van der Waals surface area contributed by atoms with E-state index in [4.69, 9.17) is 13.6 Å². The summed E-state index contributed by atoms with van der Waals surface area (Å²) < 4.78 is 21.0. The maximum absolute atomic E-state index is 12.1. The fraction of sp³-hybridized carbons (Fsp3) is 0.100. The number of benzene rings is 2. The first kappa shape index (κ1) is 16.0. The zero-order valence-electron chi connectivity index (χ0n) is 13.9. The Kier molecular flexibility index (Phi) is 3.93. The van der Waals surface area contributed by atoms with E-state index in [1.165, 1.54) is 13.2 Å². The van der Waals surface area contributed by atoms with E-state index < -0.39 is 5.97 Å². The standard InChI is InChI=1S/C20H14O6/c1-23-20(22)17-9-7-13(25-17)11-24-12-6-8-15-14-4-2-3-5-16(14)19(21)26-18(15)10-12/h2-10H,11H2,1H3. The van der Waals surface area contributed by atoms with Crippen molar-refractivity contribution in [2.45, 2.75) is 6.61 Å². The molecule has 6 heteroatoms. The van der Waals surface area contributed by atoms with E-state index in [2.05, 4.69) is 4.74 Å². The van der Waals surface area contributed by atoms with Crippen LogP contribution < -0.4 is 10.4 Å². The topological polar surface area (TPSA) is 78.9 Å². The van der Waals surface area contributed by atoms with Crippen LogP contribution in [0.15, 0.2) is 68.2 Å². The minimum Gasteiger partial charge on any atom is -0.486 e. The van der Waals surface area contributed by atoms with Crippen LogP contribution in [-0.2, 0) is 11.3 Å². The molecule has 2 aromatic heterocycles. The van der Waals surface area contributed by atoms with Crippen LogP contribution in [0.25, 0.3) is 21.7 Å². The van der Waals surface area contributed by atoms with Crippen molar-refractivity contribution >= 4 is 27.7 Å². The molecule has 0 aliphatic rings.